The maximum absolute atomic E-state index is 9.31. The van der Waals surface area contributed by atoms with Crippen molar-refractivity contribution >= 4 is 0 Å². The Balaban J connectivity index is 2.64. The van der Waals surface area contributed by atoms with Crippen LogP contribution in [0.2, 0.25) is 0 Å². The van der Waals surface area contributed by atoms with Crippen LogP contribution in [-0.4, -0.2) is 16.8 Å². The van der Waals surface area contributed by atoms with Crippen LogP contribution in [0, 0.1) is 0 Å². The van der Waals surface area contributed by atoms with Gasteiger partial charge < -0.3 is 14.9 Å². The summed E-state index contributed by atoms with van der Waals surface area (Å²) in [5, 5.41) is 18.6. The highest BCUT2D eigenvalue weighted by Gasteiger charge is 2.06. The van der Waals surface area contributed by atoms with Gasteiger partial charge in [0.25, 0.3) is 0 Å². The molecule has 1 rings (SSSR count). The zero-order valence-electron chi connectivity index (χ0n) is 7.66. The Bertz CT molecular complexity index is 251. The molecule has 0 unspecified atom stereocenters. The van der Waals surface area contributed by atoms with Gasteiger partial charge >= 0.3 is 0 Å². The lowest BCUT2D eigenvalue weighted by Crippen LogP contribution is -1.96. The number of hydrogen-bond acceptors (Lipinski definition) is 3. The molecule has 0 spiro atoms. The molecule has 0 aromatic heterocycles. The van der Waals surface area contributed by atoms with E-state index in [-0.39, 0.29) is 17.2 Å². The normalized spacial score (nSPS) is 9.92. The van der Waals surface area contributed by atoms with Gasteiger partial charge in [0.2, 0.25) is 5.75 Å². The molecule has 0 atom stereocenters. The van der Waals surface area contributed by atoms with Crippen LogP contribution in [0.5, 0.6) is 17.2 Å². The number of phenolic OH excluding ortho intramolecular Hbond substituents is 2. The van der Waals surface area contributed by atoms with Gasteiger partial charge in [-0.3, -0.25) is 0 Å². The Morgan fingerprint density at radius 2 is 1.85 bits per heavy atom. The minimum absolute atomic E-state index is 0.0175. The van der Waals surface area contributed by atoms with Gasteiger partial charge in [0.05, 0.1) is 6.61 Å². The fourth-order valence-corrected chi connectivity index (χ4v) is 0.979. The van der Waals surface area contributed by atoms with Crippen molar-refractivity contribution in [3.05, 3.63) is 18.2 Å². The topological polar surface area (TPSA) is 49.7 Å². The number of unbranched alkanes of at least 4 members (excludes halogenated alkanes) is 1. The van der Waals surface area contributed by atoms with Crippen LogP contribution < -0.4 is 4.74 Å². The molecule has 0 fully saturated rings. The number of benzene rings is 1. The molecule has 72 valence electrons. The zero-order chi connectivity index (χ0) is 9.68. The second-order valence-corrected chi connectivity index (χ2v) is 2.83. The van der Waals surface area contributed by atoms with Crippen LogP contribution in [0.3, 0.4) is 0 Å². The van der Waals surface area contributed by atoms with Crippen molar-refractivity contribution < 1.29 is 14.9 Å². The molecule has 0 saturated heterocycles. The van der Waals surface area contributed by atoms with Crippen LogP contribution in [0.25, 0.3) is 0 Å². The molecule has 0 saturated carbocycles. The zero-order valence-corrected chi connectivity index (χ0v) is 7.66. The lowest BCUT2D eigenvalue weighted by atomic mass is 10.3. The fourth-order valence-electron chi connectivity index (χ4n) is 0.979. The molecule has 3 heteroatoms. The highest BCUT2D eigenvalue weighted by atomic mass is 16.5. The average molecular weight is 182 g/mol. The Labute approximate surface area is 77.6 Å². The van der Waals surface area contributed by atoms with Gasteiger partial charge in [-0.1, -0.05) is 19.4 Å². The van der Waals surface area contributed by atoms with Gasteiger partial charge in [0.15, 0.2) is 11.5 Å². The molecular formula is C10H14O3. The summed E-state index contributed by atoms with van der Waals surface area (Å²) in [6, 6.07) is 4.54. The van der Waals surface area contributed by atoms with Gasteiger partial charge in [-0.05, 0) is 18.6 Å². The summed E-state index contributed by atoms with van der Waals surface area (Å²) in [6.07, 6.45) is 1.93. The minimum Gasteiger partial charge on any atom is -0.504 e. The third kappa shape index (κ3) is 2.54. The van der Waals surface area contributed by atoms with Crippen LogP contribution in [0.1, 0.15) is 19.8 Å². The minimum atomic E-state index is -0.0175. The fraction of sp³-hybridized carbons (Fsp3) is 0.400. The van der Waals surface area contributed by atoms with Gasteiger partial charge in [-0.2, -0.15) is 0 Å². The maximum atomic E-state index is 9.31. The first kappa shape index (κ1) is 9.71. The average Bonchev–Trinajstić information content (AvgIpc) is 2.10. The highest BCUT2D eigenvalue weighted by Crippen LogP contribution is 2.34. The summed E-state index contributed by atoms with van der Waals surface area (Å²) in [5.41, 5.74) is 0. The predicted octanol–water partition coefficient (Wildman–Crippen LogP) is 2.28. The summed E-state index contributed by atoms with van der Waals surface area (Å²) in [7, 11) is 0. The second kappa shape index (κ2) is 4.60. The largest absolute Gasteiger partial charge is 0.504 e. The molecule has 1 aromatic rings. The molecule has 0 aliphatic heterocycles. The monoisotopic (exact) mass is 182 g/mol. The summed E-state index contributed by atoms with van der Waals surface area (Å²) in [4.78, 5) is 0. The molecule has 2 N–H and O–H groups in total. The van der Waals surface area contributed by atoms with Crippen LogP contribution in [0.15, 0.2) is 18.2 Å². The number of para-hydroxylation sites is 1. The Morgan fingerprint density at radius 1 is 1.23 bits per heavy atom. The summed E-state index contributed by atoms with van der Waals surface area (Å²) < 4.78 is 5.21. The van der Waals surface area contributed by atoms with Crippen molar-refractivity contribution in [2.45, 2.75) is 19.8 Å². The van der Waals surface area contributed by atoms with Crippen molar-refractivity contribution in [1.82, 2.24) is 0 Å². The molecule has 1 aromatic carbocycles. The second-order valence-electron chi connectivity index (χ2n) is 2.83. The van der Waals surface area contributed by atoms with E-state index in [4.69, 9.17) is 4.74 Å². The molecular weight excluding hydrogens is 168 g/mol. The lowest BCUT2D eigenvalue weighted by molar-refractivity contribution is 0.277. The van der Waals surface area contributed by atoms with Crippen molar-refractivity contribution in [1.29, 1.82) is 0 Å². The van der Waals surface area contributed by atoms with E-state index in [0.717, 1.165) is 12.8 Å². The summed E-state index contributed by atoms with van der Waals surface area (Å²) >= 11 is 0. The van der Waals surface area contributed by atoms with E-state index < -0.39 is 0 Å². The van der Waals surface area contributed by atoms with Crippen LogP contribution in [0.4, 0.5) is 0 Å². The summed E-state index contributed by atoms with van der Waals surface area (Å²) in [5.74, 6) is 0.142. The smallest absolute Gasteiger partial charge is 0.203 e. The Morgan fingerprint density at radius 3 is 2.38 bits per heavy atom. The molecule has 0 amide bonds. The van der Waals surface area contributed by atoms with E-state index in [1.54, 1.807) is 6.07 Å². The van der Waals surface area contributed by atoms with Crippen molar-refractivity contribution in [3.63, 3.8) is 0 Å². The molecule has 0 heterocycles. The molecule has 0 aliphatic carbocycles. The molecule has 3 nitrogen and oxygen atoms in total. The quantitative estimate of drug-likeness (QED) is 0.702. The SMILES string of the molecule is CCCCOc1c(O)cccc1O. The van der Waals surface area contributed by atoms with E-state index >= 15 is 0 Å². The third-order valence-electron chi connectivity index (χ3n) is 1.72. The first-order valence-corrected chi connectivity index (χ1v) is 4.39. The van der Waals surface area contributed by atoms with Crippen molar-refractivity contribution in [2.24, 2.45) is 0 Å². The molecule has 13 heavy (non-hydrogen) atoms. The van der Waals surface area contributed by atoms with Gasteiger partial charge in [-0.15, -0.1) is 0 Å². The van der Waals surface area contributed by atoms with Crippen LogP contribution in [-0.2, 0) is 0 Å². The van der Waals surface area contributed by atoms with Crippen molar-refractivity contribution in [3.8, 4) is 17.2 Å². The lowest BCUT2D eigenvalue weighted by Gasteiger charge is -2.08. The standard InChI is InChI=1S/C10H14O3/c1-2-3-7-13-10-8(11)5-4-6-9(10)12/h4-6,11-12H,2-3,7H2,1H3. The van der Waals surface area contributed by atoms with E-state index in [9.17, 15) is 10.2 Å². The summed E-state index contributed by atoms with van der Waals surface area (Å²) in [6.45, 7) is 2.57. The molecule has 0 radical (unpaired) electrons. The highest BCUT2D eigenvalue weighted by molar-refractivity contribution is 5.49. The van der Waals surface area contributed by atoms with E-state index in [2.05, 4.69) is 0 Å². The van der Waals surface area contributed by atoms with Gasteiger partial charge in [0, 0.05) is 0 Å². The number of phenols is 2. The maximum Gasteiger partial charge on any atom is 0.203 e. The number of aromatic hydroxyl groups is 2. The Kier molecular flexibility index (Phi) is 3.43. The molecule has 0 aliphatic rings. The number of ether oxygens (including phenoxy) is 1. The van der Waals surface area contributed by atoms with Crippen molar-refractivity contribution in [2.75, 3.05) is 6.61 Å². The number of rotatable bonds is 4. The first-order valence-electron chi connectivity index (χ1n) is 4.39. The number of hydrogen-bond donors (Lipinski definition) is 2. The van der Waals surface area contributed by atoms with E-state index in [1.807, 2.05) is 6.92 Å². The van der Waals surface area contributed by atoms with E-state index in [1.165, 1.54) is 12.1 Å². The third-order valence-corrected chi connectivity index (χ3v) is 1.72. The van der Waals surface area contributed by atoms with Crippen LogP contribution >= 0.6 is 0 Å². The van der Waals surface area contributed by atoms with Gasteiger partial charge in [-0.25, -0.2) is 0 Å². The first-order chi connectivity index (χ1) is 6.25. The van der Waals surface area contributed by atoms with E-state index in [0.29, 0.717) is 6.61 Å². The Hall–Kier alpha value is -1.38. The predicted molar refractivity (Wildman–Crippen MR) is 50.2 cm³/mol. The van der Waals surface area contributed by atoms with Gasteiger partial charge in [0.1, 0.15) is 0 Å². The molecule has 0 bridgehead atoms.